The molecule has 0 aliphatic carbocycles. The SMILES string of the molecule is Cc1ccc(Nc2ccnc(C(=O)N3CCN(c4ccccc4)CC3)c2)cc1C. The van der Waals surface area contributed by atoms with Crippen molar-refractivity contribution in [1.82, 2.24) is 9.88 Å². The number of hydrogen-bond acceptors (Lipinski definition) is 4. The Hall–Kier alpha value is -3.34. The van der Waals surface area contributed by atoms with Gasteiger partial charge in [0.25, 0.3) is 5.91 Å². The molecule has 0 bridgehead atoms. The van der Waals surface area contributed by atoms with Gasteiger partial charge in [-0.2, -0.15) is 0 Å². The topological polar surface area (TPSA) is 48.5 Å². The van der Waals surface area contributed by atoms with Crippen molar-refractivity contribution in [3.63, 3.8) is 0 Å². The molecule has 0 spiro atoms. The summed E-state index contributed by atoms with van der Waals surface area (Å²) in [7, 11) is 0. The van der Waals surface area contributed by atoms with Crippen molar-refractivity contribution in [2.75, 3.05) is 36.4 Å². The molecule has 3 aromatic rings. The summed E-state index contributed by atoms with van der Waals surface area (Å²) in [6, 6.07) is 20.3. The maximum absolute atomic E-state index is 13.0. The van der Waals surface area contributed by atoms with Gasteiger partial charge in [-0.05, 0) is 61.4 Å². The van der Waals surface area contributed by atoms with E-state index in [-0.39, 0.29) is 5.91 Å². The lowest BCUT2D eigenvalue weighted by Crippen LogP contribution is -2.49. The number of para-hydroxylation sites is 1. The third-order valence-electron chi connectivity index (χ3n) is 5.46. The molecule has 2 aromatic carbocycles. The molecule has 1 aliphatic heterocycles. The first-order chi connectivity index (χ1) is 14.1. The van der Waals surface area contributed by atoms with Crippen LogP contribution in [-0.2, 0) is 0 Å². The molecule has 148 valence electrons. The van der Waals surface area contributed by atoms with Crippen LogP contribution in [0.3, 0.4) is 0 Å². The Morgan fingerprint density at radius 3 is 2.31 bits per heavy atom. The maximum Gasteiger partial charge on any atom is 0.272 e. The van der Waals surface area contributed by atoms with Gasteiger partial charge in [-0.25, -0.2) is 0 Å². The number of piperazine rings is 1. The second-order valence-electron chi connectivity index (χ2n) is 7.47. The number of pyridine rings is 1. The number of anilines is 3. The minimum atomic E-state index is -0.0125. The van der Waals surface area contributed by atoms with E-state index in [9.17, 15) is 4.79 Å². The molecule has 0 atom stereocenters. The first kappa shape index (κ1) is 19.0. The lowest BCUT2D eigenvalue weighted by molar-refractivity contribution is 0.0741. The highest BCUT2D eigenvalue weighted by Crippen LogP contribution is 2.21. The first-order valence-electron chi connectivity index (χ1n) is 10.00. The van der Waals surface area contributed by atoms with Crippen LogP contribution < -0.4 is 10.2 Å². The van der Waals surface area contributed by atoms with Crippen LogP contribution in [0.2, 0.25) is 0 Å². The molecule has 1 fully saturated rings. The molecule has 0 radical (unpaired) electrons. The predicted molar refractivity (Wildman–Crippen MR) is 118 cm³/mol. The Morgan fingerprint density at radius 2 is 1.59 bits per heavy atom. The van der Waals surface area contributed by atoms with Crippen molar-refractivity contribution in [1.29, 1.82) is 0 Å². The van der Waals surface area contributed by atoms with Crippen LogP contribution in [0, 0.1) is 13.8 Å². The highest BCUT2D eigenvalue weighted by atomic mass is 16.2. The summed E-state index contributed by atoms with van der Waals surface area (Å²) in [5.41, 5.74) is 6.06. The number of aromatic nitrogens is 1. The van der Waals surface area contributed by atoms with E-state index in [1.54, 1.807) is 6.20 Å². The van der Waals surface area contributed by atoms with Crippen LogP contribution in [0.25, 0.3) is 0 Å². The van der Waals surface area contributed by atoms with Crippen LogP contribution in [-0.4, -0.2) is 42.0 Å². The lowest BCUT2D eigenvalue weighted by Gasteiger charge is -2.36. The standard InChI is InChI=1S/C24H26N4O/c1-18-8-9-20(16-19(18)2)26-21-10-11-25-23(17-21)24(29)28-14-12-27(13-15-28)22-6-4-3-5-7-22/h3-11,16-17H,12-15H2,1-2H3,(H,25,26). The van der Waals surface area contributed by atoms with Gasteiger partial charge in [0, 0.05) is 49.4 Å². The number of benzene rings is 2. The number of nitrogens with one attached hydrogen (secondary N) is 1. The fraction of sp³-hybridized carbons (Fsp3) is 0.250. The van der Waals surface area contributed by atoms with Gasteiger partial charge in [0.05, 0.1) is 0 Å². The van der Waals surface area contributed by atoms with Crippen molar-refractivity contribution in [3.8, 4) is 0 Å². The van der Waals surface area contributed by atoms with Crippen molar-refractivity contribution in [2.24, 2.45) is 0 Å². The van der Waals surface area contributed by atoms with Crippen molar-refractivity contribution in [3.05, 3.63) is 83.7 Å². The third kappa shape index (κ3) is 4.40. The summed E-state index contributed by atoms with van der Waals surface area (Å²) in [6.45, 7) is 7.25. The zero-order valence-corrected chi connectivity index (χ0v) is 16.9. The summed E-state index contributed by atoms with van der Waals surface area (Å²) in [5.74, 6) is -0.0125. The smallest absolute Gasteiger partial charge is 0.272 e. The Morgan fingerprint density at radius 1 is 0.862 bits per heavy atom. The monoisotopic (exact) mass is 386 g/mol. The molecule has 5 heteroatoms. The quantitative estimate of drug-likeness (QED) is 0.722. The van der Waals surface area contributed by atoms with E-state index < -0.39 is 0 Å². The van der Waals surface area contributed by atoms with Gasteiger partial charge in [-0.15, -0.1) is 0 Å². The lowest BCUT2D eigenvalue weighted by atomic mass is 10.1. The average Bonchev–Trinajstić information content (AvgIpc) is 2.77. The number of aryl methyl sites for hydroxylation is 2. The number of hydrogen-bond donors (Lipinski definition) is 1. The van der Waals surface area contributed by atoms with E-state index in [1.807, 2.05) is 41.3 Å². The molecular formula is C24H26N4O. The third-order valence-corrected chi connectivity index (χ3v) is 5.46. The zero-order valence-electron chi connectivity index (χ0n) is 16.9. The van der Waals surface area contributed by atoms with Gasteiger partial charge in [0.1, 0.15) is 5.69 Å². The molecule has 0 unspecified atom stereocenters. The second kappa shape index (κ2) is 8.35. The van der Waals surface area contributed by atoms with Gasteiger partial charge in [0.15, 0.2) is 0 Å². The van der Waals surface area contributed by atoms with Crippen molar-refractivity contribution >= 4 is 23.0 Å². The van der Waals surface area contributed by atoms with Gasteiger partial charge >= 0.3 is 0 Å². The molecule has 1 aliphatic rings. The highest BCUT2D eigenvalue weighted by molar-refractivity contribution is 5.93. The second-order valence-corrected chi connectivity index (χ2v) is 7.47. The van der Waals surface area contributed by atoms with E-state index in [4.69, 9.17) is 0 Å². The van der Waals surface area contributed by atoms with Crippen LogP contribution in [0.15, 0.2) is 66.9 Å². The average molecular weight is 386 g/mol. The Labute approximate surface area is 172 Å². The number of carbonyl (C=O) groups excluding carboxylic acids is 1. The van der Waals surface area contributed by atoms with Crippen molar-refractivity contribution in [2.45, 2.75) is 13.8 Å². The number of carbonyl (C=O) groups is 1. The number of rotatable bonds is 4. The molecule has 4 rings (SSSR count). The molecule has 1 N–H and O–H groups in total. The molecule has 2 heterocycles. The molecule has 1 aromatic heterocycles. The van der Waals surface area contributed by atoms with Gasteiger partial charge in [-0.1, -0.05) is 24.3 Å². The number of amides is 1. The zero-order chi connectivity index (χ0) is 20.2. The molecular weight excluding hydrogens is 360 g/mol. The summed E-state index contributed by atoms with van der Waals surface area (Å²) in [6.07, 6.45) is 1.69. The minimum Gasteiger partial charge on any atom is -0.368 e. The van der Waals surface area contributed by atoms with E-state index in [0.29, 0.717) is 18.8 Å². The maximum atomic E-state index is 13.0. The molecule has 1 amide bonds. The van der Waals surface area contributed by atoms with Crippen LogP contribution >= 0.6 is 0 Å². The largest absolute Gasteiger partial charge is 0.368 e. The fourth-order valence-corrected chi connectivity index (χ4v) is 3.58. The number of nitrogens with zero attached hydrogens (tertiary/aromatic N) is 3. The van der Waals surface area contributed by atoms with E-state index in [1.165, 1.54) is 16.8 Å². The summed E-state index contributed by atoms with van der Waals surface area (Å²) in [5, 5.41) is 3.38. The van der Waals surface area contributed by atoms with Gasteiger partial charge < -0.3 is 15.1 Å². The summed E-state index contributed by atoms with van der Waals surface area (Å²) < 4.78 is 0. The summed E-state index contributed by atoms with van der Waals surface area (Å²) in [4.78, 5) is 21.5. The first-order valence-corrected chi connectivity index (χ1v) is 10.00. The van der Waals surface area contributed by atoms with E-state index >= 15 is 0 Å². The summed E-state index contributed by atoms with van der Waals surface area (Å²) >= 11 is 0. The molecule has 5 nitrogen and oxygen atoms in total. The highest BCUT2D eigenvalue weighted by Gasteiger charge is 2.23. The molecule has 1 saturated heterocycles. The van der Waals surface area contributed by atoms with Gasteiger partial charge in [0.2, 0.25) is 0 Å². The Balaban J connectivity index is 1.41. The molecule has 29 heavy (non-hydrogen) atoms. The predicted octanol–water partition coefficient (Wildman–Crippen LogP) is 4.40. The van der Waals surface area contributed by atoms with E-state index in [2.05, 4.69) is 53.3 Å². The fourth-order valence-electron chi connectivity index (χ4n) is 3.58. The Bertz CT molecular complexity index is 995. The van der Waals surface area contributed by atoms with Crippen LogP contribution in [0.1, 0.15) is 21.6 Å². The Kier molecular flexibility index (Phi) is 5.47. The van der Waals surface area contributed by atoms with Gasteiger partial charge in [-0.3, -0.25) is 9.78 Å². The van der Waals surface area contributed by atoms with Crippen molar-refractivity contribution < 1.29 is 4.79 Å². The van der Waals surface area contributed by atoms with Crippen LogP contribution in [0.4, 0.5) is 17.1 Å². The minimum absolute atomic E-state index is 0.0125. The van der Waals surface area contributed by atoms with E-state index in [0.717, 1.165) is 24.5 Å². The molecule has 0 saturated carbocycles. The van der Waals surface area contributed by atoms with Crippen LogP contribution in [0.5, 0.6) is 0 Å². The normalized spacial score (nSPS) is 14.0.